The van der Waals surface area contributed by atoms with Gasteiger partial charge in [0, 0.05) is 15.6 Å². The quantitative estimate of drug-likeness (QED) is 0.330. The molecule has 0 unspecified atom stereocenters. The zero-order chi connectivity index (χ0) is 25.3. The van der Waals surface area contributed by atoms with Crippen LogP contribution in [0.5, 0.6) is 5.75 Å². The fourth-order valence-corrected chi connectivity index (χ4v) is 3.94. The number of barbiturate groups is 1. The van der Waals surface area contributed by atoms with Gasteiger partial charge in [-0.05, 0) is 79.4 Å². The molecule has 0 radical (unpaired) electrons. The maximum absolute atomic E-state index is 13.3. The number of nitrogens with zero attached hydrogens (tertiary/aromatic N) is 1. The van der Waals surface area contributed by atoms with Gasteiger partial charge in [0.1, 0.15) is 17.9 Å². The molecule has 0 aliphatic carbocycles. The third-order valence-corrected chi connectivity index (χ3v) is 6.39. The summed E-state index contributed by atoms with van der Waals surface area (Å²) in [7, 11) is 0. The Morgan fingerprint density at radius 1 is 0.886 bits per heavy atom. The predicted molar refractivity (Wildman–Crippen MR) is 137 cm³/mol. The molecule has 0 aromatic heterocycles. The van der Waals surface area contributed by atoms with Gasteiger partial charge in [-0.3, -0.25) is 14.9 Å². The molecule has 0 spiro atoms. The normalized spacial score (nSPS) is 14.9. The number of halogens is 2. The molecule has 1 aliphatic rings. The molecule has 4 amide bonds. The van der Waals surface area contributed by atoms with E-state index in [0.717, 1.165) is 21.6 Å². The van der Waals surface area contributed by atoms with E-state index in [0.29, 0.717) is 21.4 Å². The smallest absolute Gasteiger partial charge is 0.335 e. The highest BCUT2D eigenvalue weighted by Crippen LogP contribution is 2.30. The van der Waals surface area contributed by atoms with Crippen LogP contribution in [-0.4, -0.2) is 17.8 Å². The number of carbonyl (C=O) groups excluding carboxylic acids is 3. The number of carbonyl (C=O) groups is 3. The van der Waals surface area contributed by atoms with Crippen molar-refractivity contribution in [1.82, 2.24) is 5.32 Å². The minimum Gasteiger partial charge on any atom is -0.488 e. The van der Waals surface area contributed by atoms with Gasteiger partial charge >= 0.3 is 6.03 Å². The average Bonchev–Trinajstić information content (AvgIpc) is 2.80. The molecule has 8 heteroatoms. The Hall–Kier alpha value is -3.61. The van der Waals surface area contributed by atoms with Gasteiger partial charge in [-0.1, -0.05) is 47.5 Å². The number of urea groups is 1. The first kappa shape index (κ1) is 24.5. The maximum atomic E-state index is 13.3. The van der Waals surface area contributed by atoms with E-state index in [9.17, 15) is 14.4 Å². The predicted octanol–water partition coefficient (Wildman–Crippen LogP) is 6.16. The van der Waals surface area contributed by atoms with Gasteiger partial charge in [-0.25, -0.2) is 9.69 Å². The Balaban J connectivity index is 1.67. The number of anilines is 1. The molecule has 1 fully saturated rings. The lowest BCUT2D eigenvalue weighted by molar-refractivity contribution is -0.122. The number of hydrogen-bond acceptors (Lipinski definition) is 4. The molecule has 4 rings (SSSR count). The third-order valence-electron chi connectivity index (χ3n) is 5.75. The van der Waals surface area contributed by atoms with Gasteiger partial charge in [-0.15, -0.1) is 0 Å². The third kappa shape index (κ3) is 5.24. The van der Waals surface area contributed by atoms with Crippen molar-refractivity contribution in [3.05, 3.63) is 98.0 Å². The van der Waals surface area contributed by atoms with Crippen molar-refractivity contribution in [2.45, 2.75) is 27.4 Å². The fraction of sp³-hybridized carbons (Fsp3) is 0.148. The number of nitrogens with one attached hydrogen (secondary N) is 1. The Kier molecular flexibility index (Phi) is 6.96. The monoisotopic (exact) mass is 508 g/mol. The van der Waals surface area contributed by atoms with Crippen LogP contribution in [0, 0.1) is 20.8 Å². The number of benzene rings is 3. The summed E-state index contributed by atoms with van der Waals surface area (Å²) in [5.41, 5.74) is 4.53. The molecule has 1 N–H and O–H groups in total. The van der Waals surface area contributed by atoms with E-state index in [1.165, 1.54) is 17.7 Å². The summed E-state index contributed by atoms with van der Waals surface area (Å²) in [5, 5.41) is 3.00. The highest BCUT2D eigenvalue weighted by molar-refractivity contribution is 6.39. The van der Waals surface area contributed by atoms with Crippen molar-refractivity contribution in [2.75, 3.05) is 4.90 Å². The Morgan fingerprint density at radius 2 is 1.63 bits per heavy atom. The highest BCUT2D eigenvalue weighted by atomic mass is 35.5. The molecule has 35 heavy (non-hydrogen) atoms. The van der Waals surface area contributed by atoms with E-state index in [-0.39, 0.29) is 17.9 Å². The first-order valence-corrected chi connectivity index (χ1v) is 11.6. The van der Waals surface area contributed by atoms with E-state index in [1.807, 2.05) is 32.0 Å². The number of amides is 4. The first-order chi connectivity index (χ1) is 16.6. The van der Waals surface area contributed by atoms with Crippen LogP contribution in [0.3, 0.4) is 0 Å². The van der Waals surface area contributed by atoms with E-state index in [1.54, 1.807) is 37.3 Å². The van der Waals surface area contributed by atoms with Crippen LogP contribution in [0.15, 0.2) is 60.2 Å². The molecule has 0 saturated carbocycles. The van der Waals surface area contributed by atoms with Crippen molar-refractivity contribution < 1.29 is 19.1 Å². The van der Waals surface area contributed by atoms with Crippen LogP contribution in [0.2, 0.25) is 10.0 Å². The summed E-state index contributed by atoms with van der Waals surface area (Å²) in [6, 6.07) is 14.9. The molecular weight excluding hydrogens is 487 g/mol. The Morgan fingerprint density at radius 3 is 2.34 bits per heavy atom. The van der Waals surface area contributed by atoms with E-state index >= 15 is 0 Å². The van der Waals surface area contributed by atoms with Crippen LogP contribution in [-0.2, 0) is 16.2 Å². The van der Waals surface area contributed by atoms with E-state index < -0.39 is 17.8 Å². The summed E-state index contributed by atoms with van der Waals surface area (Å²) in [6.07, 6.45) is 1.37. The van der Waals surface area contributed by atoms with Crippen LogP contribution < -0.4 is 15.0 Å². The van der Waals surface area contributed by atoms with Gasteiger partial charge < -0.3 is 4.74 Å². The standard InChI is InChI=1S/C27H22Cl2N2O4/c1-15-4-6-18(10-17(15)3)14-35-24-9-7-20(28)11-19(24)12-22-25(32)30-27(34)31(26(22)33)21-8-5-16(2)23(29)13-21/h4-13H,14H2,1-3H3,(H,30,32,34)/b22-12+. The lowest BCUT2D eigenvalue weighted by Crippen LogP contribution is -2.54. The number of hydrogen-bond donors (Lipinski definition) is 1. The Labute approximate surface area is 213 Å². The van der Waals surface area contributed by atoms with Gasteiger partial charge in [0.05, 0.1) is 5.69 Å². The molecule has 1 saturated heterocycles. The largest absolute Gasteiger partial charge is 0.488 e. The molecule has 3 aromatic rings. The van der Waals surface area contributed by atoms with Crippen molar-refractivity contribution >= 4 is 52.8 Å². The first-order valence-electron chi connectivity index (χ1n) is 10.8. The minimum absolute atomic E-state index is 0.236. The van der Waals surface area contributed by atoms with E-state index in [4.69, 9.17) is 27.9 Å². The molecule has 178 valence electrons. The van der Waals surface area contributed by atoms with Crippen LogP contribution in [0.4, 0.5) is 10.5 Å². The molecule has 1 heterocycles. The summed E-state index contributed by atoms with van der Waals surface area (Å²) >= 11 is 12.4. The SMILES string of the molecule is Cc1ccc(COc2ccc(Cl)cc2/C=C2\C(=O)NC(=O)N(c3ccc(C)c(Cl)c3)C2=O)cc1C. The van der Waals surface area contributed by atoms with Gasteiger partial charge in [-0.2, -0.15) is 0 Å². The summed E-state index contributed by atoms with van der Waals surface area (Å²) in [6.45, 7) is 6.15. The molecule has 0 atom stereocenters. The topological polar surface area (TPSA) is 75.7 Å². The van der Waals surface area contributed by atoms with Crippen LogP contribution in [0.25, 0.3) is 6.08 Å². The second kappa shape index (κ2) is 9.94. The average molecular weight is 509 g/mol. The highest BCUT2D eigenvalue weighted by Gasteiger charge is 2.37. The van der Waals surface area contributed by atoms with E-state index in [2.05, 4.69) is 5.32 Å². The molecular formula is C27H22Cl2N2O4. The van der Waals surface area contributed by atoms with Gasteiger partial charge in [0.15, 0.2) is 0 Å². The van der Waals surface area contributed by atoms with Crippen LogP contribution in [0.1, 0.15) is 27.8 Å². The lowest BCUT2D eigenvalue weighted by Gasteiger charge is -2.26. The van der Waals surface area contributed by atoms with Crippen LogP contribution >= 0.6 is 23.2 Å². The summed E-state index contributed by atoms with van der Waals surface area (Å²) < 4.78 is 6.00. The Bertz CT molecular complexity index is 1400. The minimum atomic E-state index is -0.852. The lowest BCUT2D eigenvalue weighted by atomic mass is 10.1. The van der Waals surface area contributed by atoms with Gasteiger partial charge in [0.2, 0.25) is 0 Å². The van der Waals surface area contributed by atoms with Crippen molar-refractivity contribution in [2.24, 2.45) is 0 Å². The molecule has 6 nitrogen and oxygen atoms in total. The second-order valence-corrected chi connectivity index (χ2v) is 9.12. The van der Waals surface area contributed by atoms with Gasteiger partial charge in [0.25, 0.3) is 11.8 Å². The number of rotatable bonds is 5. The number of ether oxygens (including phenoxy) is 1. The van der Waals surface area contributed by atoms with Crippen molar-refractivity contribution in [3.8, 4) is 5.75 Å². The van der Waals surface area contributed by atoms with Crippen molar-refractivity contribution in [1.29, 1.82) is 0 Å². The second-order valence-electron chi connectivity index (χ2n) is 8.28. The zero-order valence-corrected chi connectivity index (χ0v) is 20.8. The molecule has 3 aromatic carbocycles. The fourth-order valence-electron chi connectivity index (χ4n) is 3.59. The summed E-state index contributed by atoms with van der Waals surface area (Å²) in [5.74, 6) is -1.16. The maximum Gasteiger partial charge on any atom is 0.335 e. The van der Waals surface area contributed by atoms with Crippen molar-refractivity contribution in [3.63, 3.8) is 0 Å². The molecule has 1 aliphatic heterocycles. The molecule has 0 bridgehead atoms. The number of aryl methyl sites for hydroxylation is 3. The summed E-state index contributed by atoms with van der Waals surface area (Å²) in [4.78, 5) is 39.2. The zero-order valence-electron chi connectivity index (χ0n) is 19.3. The number of imide groups is 2.